The van der Waals surface area contributed by atoms with E-state index >= 15 is 0 Å². The molecule has 2 atom stereocenters. The van der Waals surface area contributed by atoms with Gasteiger partial charge in [-0.1, -0.05) is 6.07 Å². The third-order valence-electron chi connectivity index (χ3n) is 3.72. The van der Waals surface area contributed by atoms with Crippen LogP contribution < -0.4 is 0 Å². The monoisotopic (exact) mass is 297 g/mol. The third kappa shape index (κ3) is 3.56. The first-order chi connectivity index (χ1) is 9.51. The molecule has 2 aliphatic rings. The Kier molecular flexibility index (Phi) is 3.79. The standard InChI is InChI=1S/C14H19NO4S/c1-20(16,17)19-12-6-7-18-14(8-12)11-4-5-13(15-9-11)10-2-3-10/h4-5,9-10,12,14H,2-3,6-8H2,1H3. The van der Waals surface area contributed by atoms with E-state index in [0.717, 1.165) is 17.5 Å². The van der Waals surface area contributed by atoms with Gasteiger partial charge >= 0.3 is 0 Å². The Labute approximate surface area is 119 Å². The molecule has 0 amide bonds. The number of hydrogen-bond acceptors (Lipinski definition) is 5. The Balaban J connectivity index is 1.66. The average molecular weight is 297 g/mol. The summed E-state index contributed by atoms with van der Waals surface area (Å²) in [6.07, 6.45) is 6.13. The molecule has 1 saturated heterocycles. The minimum absolute atomic E-state index is 0.128. The lowest BCUT2D eigenvalue weighted by Crippen LogP contribution is -2.28. The maximum absolute atomic E-state index is 11.2. The summed E-state index contributed by atoms with van der Waals surface area (Å²) in [5.74, 6) is 0.637. The van der Waals surface area contributed by atoms with E-state index in [1.807, 2.05) is 12.3 Å². The number of ether oxygens (including phenoxy) is 1. The first-order valence-electron chi connectivity index (χ1n) is 6.97. The summed E-state index contributed by atoms with van der Waals surface area (Å²) in [4.78, 5) is 4.48. The number of aromatic nitrogens is 1. The van der Waals surface area contributed by atoms with Crippen molar-refractivity contribution in [2.45, 2.75) is 43.8 Å². The Morgan fingerprint density at radius 2 is 2.10 bits per heavy atom. The first-order valence-corrected chi connectivity index (χ1v) is 8.78. The van der Waals surface area contributed by atoms with Gasteiger partial charge in [-0.05, 0) is 30.9 Å². The molecule has 1 aromatic heterocycles. The fourth-order valence-corrected chi connectivity index (χ4v) is 3.23. The van der Waals surface area contributed by atoms with Gasteiger partial charge in [0, 0.05) is 30.8 Å². The van der Waals surface area contributed by atoms with Gasteiger partial charge < -0.3 is 4.74 Å². The molecule has 2 fully saturated rings. The molecular formula is C14H19NO4S. The molecule has 0 N–H and O–H groups in total. The van der Waals surface area contributed by atoms with Crippen molar-refractivity contribution < 1.29 is 17.3 Å². The van der Waals surface area contributed by atoms with Crippen molar-refractivity contribution in [2.75, 3.05) is 12.9 Å². The van der Waals surface area contributed by atoms with Gasteiger partial charge in [-0.2, -0.15) is 8.42 Å². The van der Waals surface area contributed by atoms with E-state index in [0.29, 0.717) is 25.4 Å². The number of hydrogen-bond donors (Lipinski definition) is 0. The predicted octanol–water partition coefficient (Wildman–Crippen LogP) is 2.16. The molecule has 3 rings (SSSR count). The van der Waals surface area contributed by atoms with Crippen LogP contribution in [-0.4, -0.2) is 32.4 Å². The Bertz CT molecular complexity index is 565. The van der Waals surface area contributed by atoms with E-state index in [1.54, 1.807) is 0 Å². The van der Waals surface area contributed by atoms with Gasteiger partial charge in [-0.15, -0.1) is 0 Å². The molecular weight excluding hydrogens is 278 g/mol. The van der Waals surface area contributed by atoms with Crippen LogP contribution in [0, 0.1) is 0 Å². The zero-order chi connectivity index (χ0) is 14.2. The van der Waals surface area contributed by atoms with Crippen LogP contribution in [-0.2, 0) is 19.0 Å². The number of pyridine rings is 1. The molecule has 5 nitrogen and oxygen atoms in total. The minimum Gasteiger partial charge on any atom is -0.373 e. The van der Waals surface area contributed by atoms with Crippen LogP contribution in [0.2, 0.25) is 0 Å². The summed E-state index contributed by atoms with van der Waals surface area (Å²) in [6.45, 7) is 0.509. The van der Waals surface area contributed by atoms with Gasteiger partial charge in [0.2, 0.25) is 0 Å². The third-order valence-corrected chi connectivity index (χ3v) is 4.35. The quantitative estimate of drug-likeness (QED) is 0.797. The van der Waals surface area contributed by atoms with Crippen LogP contribution in [0.5, 0.6) is 0 Å². The van der Waals surface area contributed by atoms with Gasteiger partial charge in [0.05, 0.1) is 18.5 Å². The normalized spacial score (nSPS) is 27.4. The van der Waals surface area contributed by atoms with Crippen molar-refractivity contribution in [3.63, 3.8) is 0 Å². The van der Waals surface area contributed by atoms with E-state index in [4.69, 9.17) is 8.92 Å². The molecule has 1 saturated carbocycles. The van der Waals surface area contributed by atoms with Crippen molar-refractivity contribution in [1.82, 2.24) is 4.98 Å². The molecule has 1 aliphatic heterocycles. The van der Waals surface area contributed by atoms with Crippen LogP contribution in [0.25, 0.3) is 0 Å². The second-order valence-corrected chi connectivity index (χ2v) is 7.20. The Morgan fingerprint density at radius 1 is 1.30 bits per heavy atom. The highest BCUT2D eigenvalue weighted by molar-refractivity contribution is 7.86. The highest BCUT2D eigenvalue weighted by Gasteiger charge is 2.28. The predicted molar refractivity (Wildman–Crippen MR) is 73.9 cm³/mol. The fourth-order valence-electron chi connectivity index (χ4n) is 2.56. The van der Waals surface area contributed by atoms with Crippen molar-refractivity contribution in [3.8, 4) is 0 Å². The van der Waals surface area contributed by atoms with Crippen LogP contribution in [0.3, 0.4) is 0 Å². The minimum atomic E-state index is -3.41. The van der Waals surface area contributed by atoms with Gasteiger partial charge in [-0.25, -0.2) is 0 Å². The van der Waals surface area contributed by atoms with Crippen molar-refractivity contribution in [3.05, 3.63) is 29.6 Å². The fraction of sp³-hybridized carbons (Fsp3) is 0.643. The molecule has 2 unspecified atom stereocenters. The SMILES string of the molecule is CS(=O)(=O)OC1CCOC(c2ccc(C3CC3)nc2)C1. The van der Waals surface area contributed by atoms with E-state index in [9.17, 15) is 8.42 Å². The van der Waals surface area contributed by atoms with Gasteiger partial charge in [0.1, 0.15) is 0 Å². The molecule has 0 spiro atoms. The molecule has 20 heavy (non-hydrogen) atoms. The molecule has 0 bridgehead atoms. The number of nitrogens with zero attached hydrogens (tertiary/aromatic N) is 1. The van der Waals surface area contributed by atoms with Gasteiger partial charge in [0.25, 0.3) is 10.1 Å². The second kappa shape index (κ2) is 5.42. The summed E-state index contributed by atoms with van der Waals surface area (Å²) in [5, 5.41) is 0. The zero-order valence-electron chi connectivity index (χ0n) is 11.5. The van der Waals surface area contributed by atoms with Crippen LogP contribution in [0.15, 0.2) is 18.3 Å². The summed E-state index contributed by atoms with van der Waals surface area (Å²) in [6, 6.07) is 4.09. The summed E-state index contributed by atoms with van der Waals surface area (Å²) in [5.41, 5.74) is 2.14. The summed E-state index contributed by atoms with van der Waals surface area (Å²) < 4.78 is 33.2. The molecule has 110 valence electrons. The molecule has 1 aromatic rings. The van der Waals surface area contributed by atoms with E-state index in [2.05, 4.69) is 11.1 Å². The molecule has 0 aromatic carbocycles. The molecule has 2 heterocycles. The molecule has 1 aliphatic carbocycles. The van der Waals surface area contributed by atoms with Gasteiger partial charge in [-0.3, -0.25) is 9.17 Å². The highest BCUT2D eigenvalue weighted by atomic mass is 32.2. The average Bonchev–Trinajstić information content (AvgIpc) is 3.21. The van der Waals surface area contributed by atoms with Crippen molar-refractivity contribution >= 4 is 10.1 Å². The Morgan fingerprint density at radius 3 is 2.70 bits per heavy atom. The van der Waals surface area contributed by atoms with E-state index in [-0.39, 0.29) is 12.2 Å². The van der Waals surface area contributed by atoms with Crippen LogP contribution in [0.1, 0.15) is 49.0 Å². The van der Waals surface area contributed by atoms with E-state index in [1.165, 1.54) is 12.8 Å². The van der Waals surface area contributed by atoms with E-state index < -0.39 is 10.1 Å². The lowest BCUT2D eigenvalue weighted by Gasteiger charge is -2.28. The van der Waals surface area contributed by atoms with Crippen LogP contribution >= 0.6 is 0 Å². The smallest absolute Gasteiger partial charge is 0.264 e. The lowest BCUT2D eigenvalue weighted by molar-refractivity contribution is -0.0343. The Hall–Kier alpha value is -0.980. The summed E-state index contributed by atoms with van der Waals surface area (Å²) in [7, 11) is -3.41. The summed E-state index contributed by atoms with van der Waals surface area (Å²) >= 11 is 0. The van der Waals surface area contributed by atoms with Crippen LogP contribution in [0.4, 0.5) is 0 Å². The lowest BCUT2D eigenvalue weighted by atomic mass is 10.0. The molecule has 6 heteroatoms. The van der Waals surface area contributed by atoms with Crippen molar-refractivity contribution in [1.29, 1.82) is 0 Å². The second-order valence-electron chi connectivity index (χ2n) is 5.60. The highest BCUT2D eigenvalue weighted by Crippen LogP contribution is 2.39. The maximum atomic E-state index is 11.2. The largest absolute Gasteiger partial charge is 0.373 e. The van der Waals surface area contributed by atoms with Crippen molar-refractivity contribution in [2.24, 2.45) is 0 Å². The zero-order valence-corrected chi connectivity index (χ0v) is 12.3. The molecule has 0 radical (unpaired) electrons. The van der Waals surface area contributed by atoms with Gasteiger partial charge in [0.15, 0.2) is 0 Å². The number of rotatable bonds is 4. The maximum Gasteiger partial charge on any atom is 0.264 e. The first kappa shape index (κ1) is 14.0. The topological polar surface area (TPSA) is 65.5 Å².